The van der Waals surface area contributed by atoms with Crippen LogP contribution in [0.1, 0.15) is 48.0 Å². The molecule has 128 valence electrons. The largest absolute Gasteiger partial charge is 0.448 e. The second kappa shape index (κ2) is 6.28. The molecule has 2 aliphatic rings. The zero-order valence-corrected chi connectivity index (χ0v) is 14.0. The summed E-state index contributed by atoms with van der Waals surface area (Å²) in [6, 6.07) is 12.4. The number of ether oxygens (including phenoxy) is 3. The minimum atomic E-state index is -0.524. The van der Waals surface area contributed by atoms with Gasteiger partial charge in [-0.3, -0.25) is 0 Å². The first-order chi connectivity index (χ1) is 12.2. The minimum Gasteiger partial charge on any atom is -0.448 e. The van der Waals surface area contributed by atoms with Gasteiger partial charge in [0, 0.05) is 18.9 Å². The zero-order valence-electron chi connectivity index (χ0n) is 14.0. The van der Waals surface area contributed by atoms with E-state index >= 15 is 0 Å². The summed E-state index contributed by atoms with van der Waals surface area (Å²) >= 11 is 0. The molecule has 0 N–H and O–H groups in total. The van der Waals surface area contributed by atoms with Crippen LogP contribution in [-0.4, -0.2) is 11.8 Å². The van der Waals surface area contributed by atoms with Crippen molar-refractivity contribution in [3.05, 3.63) is 60.2 Å². The van der Waals surface area contributed by atoms with E-state index in [1.54, 1.807) is 30.3 Å². The molecule has 1 aliphatic carbocycles. The van der Waals surface area contributed by atoms with E-state index in [1.165, 1.54) is 6.42 Å². The van der Waals surface area contributed by atoms with Crippen LogP contribution in [-0.2, 0) is 0 Å². The number of fused-ring (bicyclic) bond motifs is 1. The van der Waals surface area contributed by atoms with Crippen LogP contribution in [0.25, 0.3) is 6.08 Å². The molecule has 1 aliphatic heterocycles. The van der Waals surface area contributed by atoms with Gasteiger partial charge in [-0.05, 0) is 42.7 Å². The molecule has 0 saturated heterocycles. The second-order valence-corrected chi connectivity index (χ2v) is 6.50. The maximum absolute atomic E-state index is 12.3. The maximum Gasteiger partial charge on any atom is 0.343 e. The van der Waals surface area contributed by atoms with E-state index in [0.717, 1.165) is 37.0 Å². The summed E-state index contributed by atoms with van der Waals surface area (Å²) in [6.45, 7) is 3.70. The van der Waals surface area contributed by atoms with Gasteiger partial charge in [-0.25, -0.2) is 4.79 Å². The van der Waals surface area contributed by atoms with Crippen LogP contribution in [0.2, 0.25) is 0 Å². The fraction of sp³-hybridized carbons (Fsp3) is 0.286. The van der Waals surface area contributed by atoms with Crippen LogP contribution in [0.4, 0.5) is 0 Å². The molecule has 4 heteroatoms. The molecule has 4 rings (SSSR count). The van der Waals surface area contributed by atoms with Crippen molar-refractivity contribution in [2.45, 2.75) is 37.9 Å². The van der Waals surface area contributed by atoms with Gasteiger partial charge in [-0.1, -0.05) is 31.2 Å². The van der Waals surface area contributed by atoms with Crippen molar-refractivity contribution in [1.82, 2.24) is 0 Å². The maximum atomic E-state index is 12.3. The summed E-state index contributed by atoms with van der Waals surface area (Å²) in [5, 5.41) is 0. The lowest BCUT2D eigenvalue weighted by molar-refractivity contribution is -0.105. The normalized spacial score (nSPS) is 17.3. The van der Waals surface area contributed by atoms with Crippen LogP contribution in [0.5, 0.6) is 17.2 Å². The average Bonchev–Trinajstić information content (AvgIpc) is 2.98. The molecule has 2 aromatic rings. The van der Waals surface area contributed by atoms with Crippen molar-refractivity contribution in [2.24, 2.45) is 0 Å². The third kappa shape index (κ3) is 3.12. The zero-order chi connectivity index (χ0) is 17.3. The molecular formula is C21H20O4. The number of carbonyl (C=O) groups excluding carboxylic acids is 1. The number of esters is 1. The predicted octanol–water partition coefficient (Wildman–Crippen LogP) is 4.98. The fourth-order valence-electron chi connectivity index (χ4n) is 3.35. The fourth-order valence-corrected chi connectivity index (χ4v) is 3.35. The van der Waals surface area contributed by atoms with Crippen molar-refractivity contribution < 1.29 is 19.0 Å². The number of hydrogen-bond acceptors (Lipinski definition) is 4. The number of benzene rings is 2. The number of hydrogen-bond donors (Lipinski definition) is 0. The standard InChI is InChI=1S/C21H20O4/c1-2-15-6-8-16(9-7-15)20(22)23-17-10-11-18-19(14-17)25-21(24-18)12-4-3-5-13-21/h2,6-11,14H,1,3-5,12-13H2. The lowest BCUT2D eigenvalue weighted by atomic mass is 9.94. The van der Waals surface area contributed by atoms with Crippen molar-refractivity contribution in [3.63, 3.8) is 0 Å². The van der Waals surface area contributed by atoms with E-state index in [0.29, 0.717) is 17.1 Å². The van der Waals surface area contributed by atoms with E-state index < -0.39 is 11.8 Å². The average molecular weight is 336 g/mol. The smallest absolute Gasteiger partial charge is 0.343 e. The molecule has 1 heterocycles. The monoisotopic (exact) mass is 336 g/mol. The first-order valence-corrected chi connectivity index (χ1v) is 8.64. The van der Waals surface area contributed by atoms with Gasteiger partial charge in [-0.15, -0.1) is 0 Å². The molecule has 0 aromatic heterocycles. The molecule has 2 aromatic carbocycles. The molecule has 4 nitrogen and oxygen atoms in total. The SMILES string of the molecule is C=Cc1ccc(C(=O)Oc2ccc3c(c2)OC2(CCCCC2)O3)cc1. The second-order valence-electron chi connectivity index (χ2n) is 6.50. The highest BCUT2D eigenvalue weighted by Gasteiger charge is 2.42. The Kier molecular flexibility index (Phi) is 3.96. The molecule has 1 fully saturated rings. The Bertz CT molecular complexity index is 801. The highest BCUT2D eigenvalue weighted by molar-refractivity contribution is 5.91. The molecule has 0 unspecified atom stereocenters. The lowest BCUT2D eigenvalue weighted by Gasteiger charge is -2.31. The Labute approximate surface area is 147 Å². The quantitative estimate of drug-likeness (QED) is 0.586. The van der Waals surface area contributed by atoms with E-state index in [4.69, 9.17) is 14.2 Å². The van der Waals surface area contributed by atoms with Crippen LogP contribution < -0.4 is 14.2 Å². The van der Waals surface area contributed by atoms with Crippen molar-refractivity contribution in [1.29, 1.82) is 0 Å². The minimum absolute atomic E-state index is 0.401. The summed E-state index contributed by atoms with van der Waals surface area (Å²) in [6.07, 6.45) is 6.96. The van der Waals surface area contributed by atoms with E-state index in [9.17, 15) is 4.79 Å². The Morgan fingerprint density at radius 1 is 1.00 bits per heavy atom. The van der Waals surface area contributed by atoms with E-state index in [-0.39, 0.29) is 0 Å². The third-order valence-corrected chi connectivity index (χ3v) is 4.72. The molecule has 0 atom stereocenters. The van der Waals surface area contributed by atoms with Gasteiger partial charge in [0.25, 0.3) is 5.79 Å². The molecule has 1 saturated carbocycles. The Morgan fingerprint density at radius 2 is 1.72 bits per heavy atom. The van der Waals surface area contributed by atoms with Gasteiger partial charge >= 0.3 is 5.97 Å². The first kappa shape index (κ1) is 15.8. The predicted molar refractivity (Wildman–Crippen MR) is 95.0 cm³/mol. The number of carbonyl (C=O) groups is 1. The van der Waals surface area contributed by atoms with Gasteiger partial charge in [0.15, 0.2) is 11.5 Å². The molecule has 0 bridgehead atoms. The molecule has 0 radical (unpaired) electrons. The van der Waals surface area contributed by atoms with E-state index in [1.807, 2.05) is 18.2 Å². The number of rotatable bonds is 3. The Hall–Kier alpha value is -2.75. The van der Waals surface area contributed by atoms with Gasteiger partial charge in [0.1, 0.15) is 5.75 Å². The Morgan fingerprint density at radius 3 is 2.44 bits per heavy atom. The van der Waals surface area contributed by atoms with Crippen molar-refractivity contribution in [3.8, 4) is 17.2 Å². The van der Waals surface area contributed by atoms with Gasteiger partial charge in [-0.2, -0.15) is 0 Å². The van der Waals surface area contributed by atoms with Crippen molar-refractivity contribution >= 4 is 12.0 Å². The summed E-state index contributed by atoms with van der Waals surface area (Å²) < 4.78 is 17.6. The Balaban J connectivity index is 1.48. The van der Waals surface area contributed by atoms with Crippen LogP contribution >= 0.6 is 0 Å². The highest BCUT2D eigenvalue weighted by Crippen LogP contribution is 2.46. The van der Waals surface area contributed by atoms with Gasteiger partial charge < -0.3 is 14.2 Å². The molecular weight excluding hydrogens is 316 g/mol. The summed E-state index contributed by atoms with van der Waals surface area (Å²) in [4.78, 5) is 12.3. The highest BCUT2D eigenvalue weighted by atomic mass is 16.7. The first-order valence-electron chi connectivity index (χ1n) is 8.64. The van der Waals surface area contributed by atoms with Gasteiger partial charge in [0.2, 0.25) is 0 Å². The molecule has 1 spiro atoms. The lowest BCUT2D eigenvalue weighted by Crippen LogP contribution is -2.40. The van der Waals surface area contributed by atoms with Crippen LogP contribution in [0.3, 0.4) is 0 Å². The molecule has 0 amide bonds. The topological polar surface area (TPSA) is 44.8 Å². The van der Waals surface area contributed by atoms with Crippen molar-refractivity contribution in [2.75, 3.05) is 0 Å². The third-order valence-electron chi connectivity index (χ3n) is 4.72. The van der Waals surface area contributed by atoms with E-state index in [2.05, 4.69) is 6.58 Å². The summed E-state index contributed by atoms with van der Waals surface area (Å²) in [7, 11) is 0. The molecule has 25 heavy (non-hydrogen) atoms. The summed E-state index contributed by atoms with van der Waals surface area (Å²) in [5.41, 5.74) is 1.45. The van der Waals surface area contributed by atoms with Gasteiger partial charge in [0.05, 0.1) is 5.56 Å². The van der Waals surface area contributed by atoms with Crippen LogP contribution in [0, 0.1) is 0 Å². The van der Waals surface area contributed by atoms with Crippen LogP contribution in [0.15, 0.2) is 49.0 Å². The summed E-state index contributed by atoms with van der Waals surface area (Å²) in [5.74, 6) is 0.894.